The Hall–Kier alpha value is -1.26. The van der Waals surface area contributed by atoms with E-state index in [-0.39, 0.29) is 5.78 Å². The maximum atomic E-state index is 13.0. The van der Waals surface area contributed by atoms with Crippen molar-refractivity contribution < 1.29 is 9.18 Å². The zero-order valence-corrected chi connectivity index (χ0v) is 11.5. The molecule has 0 radical (unpaired) electrons. The summed E-state index contributed by atoms with van der Waals surface area (Å²) in [5.41, 5.74) is 0.995. The van der Waals surface area contributed by atoms with E-state index in [0.29, 0.717) is 16.1 Å². The van der Waals surface area contributed by atoms with Gasteiger partial charge in [0.05, 0.1) is 0 Å². The molecule has 0 fully saturated rings. The van der Waals surface area contributed by atoms with Gasteiger partial charge in [0.1, 0.15) is 4.83 Å². The summed E-state index contributed by atoms with van der Waals surface area (Å²) in [5, 5.41) is 0.487. The second kappa shape index (κ2) is 5.59. The lowest BCUT2D eigenvalue weighted by molar-refractivity contribution is 0.0991. The molecule has 0 aliphatic rings. The molecule has 1 atom stereocenters. The number of pyridine rings is 1. The van der Waals surface area contributed by atoms with Gasteiger partial charge in [-0.15, -0.1) is 0 Å². The van der Waals surface area contributed by atoms with Crippen LogP contribution < -0.4 is 0 Å². The molecule has 2 nitrogen and oxygen atoms in total. The molecule has 0 saturated carbocycles. The van der Waals surface area contributed by atoms with Crippen molar-refractivity contribution >= 4 is 33.3 Å². The van der Waals surface area contributed by atoms with Crippen LogP contribution >= 0.6 is 27.5 Å². The van der Waals surface area contributed by atoms with Crippen LogP contribution in [0.15, 0.2) is 42.6 Å². The van der Waals surface area contributed by atoms with Gasteiger partial charge in [0.2, 0.25) is 5.95 Å². The lowest BCUT2D eigenvalue weighted by atomic mass is 10.0. The lowest BCUT2D eigenvalue weighted by Gasteiger charge is -2.09. The normalized spacial score (nSPS) is 12.2. The van der Waals surface area contributed by atoms with Gasteiger partial charge >= 0.3 is 0 Å². The summed E-state index contributed by atoms with van der Waals surface area (Å²) in [7, 11) is 0. The number of carbonyl (C=O) groups is 1. The van der Waals surface area contributed by atoms with Crippen LogP contribution in [-0.2, 0) is 0 Å². The van der Waals surface area contributed by atoms with Gasteiger partial charge in [-0.25, -0.2) is 4.98 Å². The van der Waals surface area contributed by atoms with Gasteiger partial charge in [-0.05, 0) is 29.8 Å². The third kappa shape index (κ3) is 2.94. The minimum atomic E-state index is -0.617. The lowest BCUT2D eigenvalue weighted by Crippen LogP contribution is -2.07. The first kappa shape index (κ1) is 13.2. The number of rotatable bonds is 3. The molecule has 0 aliphatic carbocycles. The molecule has 2 aromatic rings. The summed E-state index contributed by atoms with van der Waals surface area (Å²) < 4.78 is 13.0. The second-order valence-corrected chi connectivity index (χ2v) is 5.00. The van der Waals surface area contributed by atoms with Crippen molar-refractivity contribution in [2.45, 2.75) is 4.83 Å². The van der Waals surface area contributed by atoms with Crippen molar-refractivity contribution in [3.05, 3.63) is 64.7 Å². The minimum absolute atomic E-state index is 0.178. The predicted octanol–water partition coefficient (Wildman–Crippen LogP) is 4.19. The molecular weight excluding hydrogens is 321 g/mol. The number of hydrogen-bond acceptors (Lipinski definition) is 2. The highest BCUT2D eigenvalue weighted by Gasteiger charge is 2.19. The molecule has 18 heavy (non-hydrogen) atoms. The van der Waals surface area contributed by atoms with Crippen LogP contribution in [0, 0.1) is 5.95 Å². The van der Waals surface area contributed by atoms with Crippen molar-refractivity contribution in [2.75, 3.05) is 0 Å². The van der Waals surface area contributed by atoms with Crippen molar-refractivity contribution in [1.82, 2.24) is 4.98 Å². The highest BCUT2D eigenvalue weighted by molar-refractivity contribution is 9.09. The molecule has 0 aliphatic heterocycles. The Morgan fingerprint density at radius 2 is 2.11 bits per heavy atom. The molecule has 5 heteroatoms. The number of halogens is 3. The van der Waals surface area contributed by atoms with Crippen LogP contribution in [-0.4, -0.2) is 10.8 Å². The number of alkyl halides is 1. The molecule has 1 heterocycles. The van der Waals surface area contributed by atoms with E-state index in [1.54, 1.807) is 30.3 Å². The van der Waals surface area contributed by atoms with Gasteiger partial charge in [-0.1, -0.05) is 39.7 Å². The Morgan fingerprint density at radius 1 is 1.33 bits per heavy atom. The number of Topliss-reactive ketones (excluding diaryl/α,β-unsaturated/α-hetero) is 1. The smallest absolute Gasteiger partial charge is 0.213 e. The topological polar surface area (TPSA) is 30.0 Å². The molecule has 2 rings (SSSR count). The summed E-state index contributed by atoms with van der Waals surface area (Å²) in [6.45, 7) is 0. The van der Waals surface area contributed by atoms with Gasteiger partial charge in [-0.3, -0.25) is 4.79 Å². The van der Waals surface area contributed by atoms with Crippen molar-refractivity contribution in [1.29, 1.82) is 0 Å². The third-order valence-corrected chi connectivity index (χ3v) is 3.56. The third-order valence-electron chi connectivity index (χ3n) is 2.38. The number of carbonyl (C=O) groups excluding carboxylic acids is 1. The number of nitrogens with zero attached hydrogens (tertiary/aromatic N) is 1. The van der Waals surface area contributed by atoms with E-state index >= 15 is 0 Å². The molecule has 0 amide bonds. The van der Waals surface area contributed by atoms with E-state index in [2.05, 4.69) is 20.9 Å². The van der Waals surface area contributed by atoms with E-state index in [1.165, 1.54) is 12.3 Å². The fourth-order valence-electron chi connectivity index (χ4n) is 1.51. The zero-order chi connectivity index (χ0) is 13.1. The first-order valence-corrected chi connectivity index (χ1v) is 6.42. The summed E-state index contributed by atoms with van der Waals surface area (Å²) in [5.74, 6) is -0.793. The average Bonchev–Trinajstić information content (AvgIpc) is 2.37. The second-order valence-electron chi connectivity index (χ2n) is 3.65. The fourth-order valence-corrected chi connectivity index (χ4v) is 2.25. The van der Waals surface area contributed by atoms with Crippen molar-refractivity contribution in [3.8, 4) is 0 Å². The van der Waals surface area contributed by atoms with Crippen LogP contribution in [0.1, 0.15) is 20.7 Å². The Bertz CT molecular complexity index is 591. The summed E-state index contributed by atoms with van der Waals surface area (Å²) in [6, 6.07) is 9.44. The standard InChI is InChI=1S/C13H8BrClFNO/c14-12(8-4-5-17-11(16)7-8)13(18)9-2-1-3-10(15)6-9/h1-7,12H/t12-/m1/s1. The van der Waals surface area contributed by atoms with E-state index in [9.17, 15) is 9.18 Å². The maximum Gasteiger partial charge on any atom is 0.213 e. The first-order valence-electron chi connectivity index (χ1n) is 5.13. The first-order chi connectivity index (χ1) is 8.58. The molecular formula is C13H8BrClFNO. The fraction of sp³-hybridized carbons (Fsp3) is 0.0769. The Balaban J connectivity index is 2.29. The van der Waals surface area contributed by atoms with Gasteiger partial charge in [0, 0.05) is 16.8 Å². The molecule has 0 N–H and O–H groups in total. The molecule has 0 unspecified atom stereocenters. The van der Waals surface area contributed by atoms with Gasteiger partial charge < -0.3 is 0 Å². The Kier molecular flexibility index (Phi) is 4.09. The van der Waals surface area contributed by atoms with E-state index < -0.39 is 10.8 Å². The predicted molar refractivity (Wildman–Crippen MR) is 71.6 cm³/mol. The average molecular weight is 329 g/mol. The maximum absolute atomic E-state index is 13.0. The summed E-state index contributed by atoms with van der Waals surface area (Å²) >= 11 is 9.09. The molecule has 1 aromatic carbocycles. The minimum Gasteiger partial charge on any atom is -0.293 e. The van der Waals surface area contributed by atoms with Crippen LogP contribution in [0.3, 0.4) is 0 Å². The zero-order valence-electron chi connectivity index (χ0n) is 9.11. The molecule has 0 bridgehead atoms. The monoisotopic (exact) mass is 327 g/mol. The highest BCUT2D eigenvalue weighted by atomic mass is 79.9. The van der Waals surface area contributed by atoms with Crippen LogP contribution in [0.2, 0.25) is 5.02 Å². The summed E-state index contributed by atoms with van der Waals surface area (Å²) in [6.07, 6.45) is 1.32. The van der Waals surface area contributed by atoms with Crippen LogP contribution in [0.4, 0.5) is 4.39 Å². The molecule has 0 saturated heterocycles. The van der Waals surface area contributed by atoms with Gasteiger partial charge in [0.25, 0.3) is 0 Å². The molecule has 92 valence electrons. The largest absolute Gasteiger partial charge is 0.293 e. The summed E-state index contributed by atoms with van der Waals surface area (Å²) in [4.78, 5) is 15.0. The molecule has 1 aromatic heterocycles. The van der Waals surface area contributed by atoms with Crippen molar-refractivity contribution in [3.63, 3.8) is 0 Å². The Morgan fingerprint density at radius 3 is 2.78 bits per heavy atom. The van der Waals surface area contributed by atoms with Gasteiger partial charge in [0.15, 0.2) is 5.78 Å². The van der Waals surface area contributed by atoms with Crippen LogP contribution in [0.25, 0.3) is 0 Å². The van der Waals surface area contributed by atoms with E-state index in [0.717, 1.165) is 0 Å². The number of aromatic nitrogens is 1. The van der Waals surface area contributed by atoms with E-state index in [1.807, 2.05) is 0 Å². The van der Waals surface area contributed by atoms with Gasteiger partial charge in [-0.2, -0.15) is 4.39 Å². The molecule has 0 spiro atoms. The number of ketones is 1. The van der Waals surface area contributed by atoms with E-state index in [4.69, 9.17) is 11.6 Å². The highest BCUT2D eigenvalue weighted by Crippen LogP contribution is 2.27. The quantitative estimate of drug-likeness (QED) is 0.480. The Labute approximate surface area is 117 Å². The number of hydrogen-bond donors (Lipinski definition) is 0. The van der Waals surface area contributed by atoms with Crippen molar-refractivity contribution in [2.24, 2.45) is 0 Å². The number of benzene rings is 1. The SMILES string of the molecule is O=C(c1cccc(Cl)c1)[C@H](Br)c1ccnc(F)c1. The van der Waals surface area contributed by atoms with Crippen LogP contribution in [0.5, 0.6) is 0 Å².